The minimum absolute atomic E-state index is 0.126. The Balaban J connectivity index is 3.04. The second kappa shape index (κ2) is 4.32. The Morgan fingerprint density at radius 1 is 1.21 bits per heavy atom. The average molecular weight is 196 g/mol. The predicted molar refractivity (Wildman–Crippen MR) is 53.6 cm³/mol. The summed E-state index contributed by atoms with van der Waals surface area (Å²) < 4.78 is 5.30. The van der Waals surface area contributed by atoms with Gasteiger partial charge in [-0.15, -0.1) is 0 Å². The van der Waals surface area contributed by atoms with E-state index in [-0.39, 0.29) is 12.1 Å². The maximum atomic E-state index is 5.53. The summed E-state index contributed by atoms with van der Waals surface area (Å²) in [7, 11) is 1.64. The van der Waals surface area contributed by atoms with E-state index >= 15 is 0 Å². The molecule has 1 aromatic heterocycles. The molecule has 14 heavy (non-hydrogen) atoms. The largest absolute Gasteiger partial charge is 0.373 e. The lowest BCUT2D eigenvalue weighted by molar-refractivity contribution is 0.0572. The first kappa shape index (κ1) is 10.8. The highest BCUT2D eigenvalue weighted by Crippen LogP contribution is 2.21. The van der Waals surface area contributed by atoms with Crippen molar-refractivity contribution in [3.63, 3.8) is 0 Å². The van der Waals surface area contributed by atoms with Crippen LogP contribution in [0, 0.1) is 12.8 Å². The minimum Gasteiger partial charge on any atom is -0.373 e. The van der Waals surface area contributed by atoms with Gasteiger partial charge in [-0.1, -0.05) is 13.8 Å². The molecule has 0 aliphatic rings. The molecule has 0 aliphatic carbocycles. The Morgan fingerprint density at radius 3 is 2.29 bits per heavy atom. The fourth-order valence-electron chi connectivity index (χ4n) is 1.33. The maximum absolute atomic E-state index is 5.53. The lowest BCUT2D eigenvalue weighted by Crippen LogP contribution is -2.15. The highest BCUT2D eigenvalue weighted by molar-refractivity contribution is 5.16. The molecule has 1 heterocycles. The van der Waals surface area contributed by atoms with Gasteiger partial charge in [0.05, 0.1) is 0 Å². The Hall–Kier alpha value is -1.23. The standard InChI is InChI=1S/C9H16N4O/c1-5(2)7(14-4)8-11-6(3)12-9(10)13-8/h5,7H,1-4H3,(H2,10,11,12,13). The molecule has 1 atom stereocenters. The van der Waals surface area contributed by atoms with E-state index in [0.29, 0.717) is 17.6 Å². The van der Waals surface area contributed by atoms with E-state index < -0.39 is 0 Å². The minimum atomic E-state index is -0.126. The van der Waals surface area contributed by atoms with E-state index in [1.54, 1.807) is 14.0 Å². The molecule has 5 nitrogen and oxygen atoms in total. The first-order chi connectivity index (χ1) is 6.54. The summed E-state index contributed by atoms with van der Waals surface area (Å²) in [5, 5.41) is 0. The molecule has 78 valence electrons. The van der Waals surface area contributed by atoms with Crippen molar-refractivity contribution < 1.29 is 4.74 Å². The Morgan fingerprint density at radius 2 is 1.86 bits per heavy atom. The number of nitrogens with two attached hydrogens (primary N) is 1. The molecular weight excluding hydrogens is 180 g/mol. The van der Waals surface area contributed by atoms with Crippen LogP contribution in [0.15, 0.2) is 0 Å². The van der Waals surface area contributed by atoms with Gasteiger partial charge in [0.25, 0.3) is 0 Å². The van der Waals surface area contributed by atoms with E-state index in [1.807, 2.05) is 13.8 Å². The summed E-state index contributed by atoms with van der Waals surface area (Å²) in [6, 6.07) is 0. The molecule has 0 radical (unpaired) electrons. The zero-order valence-electron chi connectivity index (χ0n) is 8.98. The van der Waals surface area contributed by atoms with Crippen LogP contribution >= 0.6 is 0 Å². The van der Waals surface area contributed by atoms with Crippen LogP contribution in [-0.4, -0.2) is 22.1 Å². The maximum Gasteiger partial charge on any atom is 0.223 e. The van der Waals surface area contributed by atoms with Crippen molar-refractivity contribution in [1.82, 2.24) is 15.0 Å². The lowest BCUT2D eigenvalue weighted by atomic mass is 10.1. The van der Waals surface area contributed by atoms with E-state index in [0.717, 1.165) is 0 Å². The molecule has 2 N–H and O–H groups in total. The van der Waals surface area contributed by atoms with E-state index in [1.165, 1.54) is 0 Å². The van der Waals surface area contributed by atoms with Crippen molar-refractivity contribution >= 4 is 5.95 Å². The van der Waals surface area contributed by atoms with Gasteiger partial charge in [0, 0.05) is 7.11 Å². The zero-order chi connectivity index (χ0) is 10.7. The van der Waals surface area contributed by atoms with Crippen molar-refractivity contribution in [2.24, 2.45) is 5.92 Å². The third kappa shape index (κ3) is 2.38. The molecule has 0 saturated heterocycles. The number of nitrogens with zero attached hydrogens (tertiary/aromatic N) is 3. The van der Waals surface area contributed by atoms with Crippen LogP contribution in [0.25, 0.3) is 0 Å². The number of methoxy groups -OCH3 is 1. The topological polar surface area (TPSA) is 73.9 Å². The fourth-order valence-corrected chi connectivity index (χ4v) is 1.33. The van der Waals surface area contributed by atoms with Crippen molar-refractivity contribution in [2.75, 3.05) is 12.8 Å². The van der Waals surface area contributed by atoms with Crippen LogP contribution in [0.5, 0.6) is 0 Å². The number of anilines is 1. The van der Waals surface area contributed by atoms with Gasteiger partial charge in [-0.3, -0.25) is 0 Å². The fraction of sp³-hybridized carbons (Fsp3) is 0.667. The number of rotatable bonds is 3. The third-order valence-corrected chi connectivity index (χ3v) is 1.90. The van der Waals surface area contributed by atoms with E-state index in [2.05, 4.69) is 15.0 Å². The molecule has 0 saturated carbocycles. The number of hydrogen-bond acceptors (Lipinski definition) is 5. The number of nitrogen functional groups attached to an aromatic ring is 1. The molecule has 0 spiro atoms. The SMILES string of the molecule is COC(c1nc(C)nc(N)n1)C(C)C. The molecule has 0 amide bonds. The average Bonchev–Trinajstić information content (AvgIpc) is 2.02. The van der Waals surface area contributed by atoms with Crippen molar-refractivity contribution in [3.05, 3.63) is 11.6 Å². The Bertz CT molecular complexity index is 293. The quantitative estimate of drug-likeness (QED) is 0.783. The second-order valence-corrected chi connectivity index (χ2v) is 3.50. The van der Waals surface area contributed by atoms with Crippen LogP contribution in [-0.2, 0) is 4.74 Å². The van der Waals surface area contributed by atoms with E-state index in [4.69, 9.17) is 10.5 Å². The summed E-state index contributed by atoms with van der Waals surface area (Å²) in [5.74, 6) is 1.78. The van der Waals surface area contributed by atoms with Gasteiger partial charge in [0.2, 0.25) is 5.95 Å². The molecule has 1 unspecified atom stereocenters. The molecule has 0 aliphatic heterocycles. The van der Waals surface area contributed by atoms with E-state index in [9.17, 15) is 0 Å². The number of ether oxygens (including phenoxy) is 1. The van der Waals surface area contributed by atoms with Crippen LogP contribution in [0.2, 0.25) is 0 Å². The highest BCUT2D eigenvalue weighted by atomic mass is 16.5. The Kier molecular flexibility index (Phi) is 3.35. The summed E-state index contributed by atoms with van der Waals surface area (Å²) in [4.78, 5) is 12.2. The van der Waals surface area contributed by atoms with Crippen molar-refractivity contribution in [3.8, 4) is 0 Å². The molecule has 1 rings (SSSR count). The van der Waals surface area contributed by atoms with Gasteiger partial charge in [-0.2, -0.15) is 9.97 Å². The molecule has 0 fully saturated rings. The summed E-state index contributed by atoms with van der Waals surface area (Å²) in [6.07, 6.45) is -0.126. The number of aryl methyl sites for hydroxylation is 1. The van der Waals surface area contributed by atoms with Crippen molar-refractivity contribution in [1.29, 1.82) is 0 Å². The summed E-state index contributed by atoms with van der Waals surface area (Å²) >= 11 is 0. The molecule has 0 aromatic carbocycles. The molecule has 1 aromatic rings. The number of aromatic nitrogens is 3. The van der Waals surface area contributed by atoms with Gasteiger partial charge in [0.1, 0.15) is 11.9 Å². The third-order valence-electron chi connectivity index (χ3n) is 1.90. The molecule has 5 heteroatoms. The van der Waals surface area contributed by atoms with Gasteiger partial charge in [0.15, 0.2) is 5.82 Å². The van der Waals surface area contributed by atoms with Gasteiger partial charge in [-0.25, -0.2) is 4.98 Å². The first-order valence-electron chi connectivity index (χ1n) is 4.55. The smallest absolute Gasteiger partial charge is 0.223 e. The summed E-state index contributed by atoms with van der Waals surface area (Å²) in [5.41, 5.74) is 5.53. The van der Waals surface area contributed by atoms with Gasteiger partial charge < -0.3 is 10.5 Å². The molecular formula is C9H16N4O. The van der Waals surface area contributed by atoms with Crippen LogP contribution in [0.3, 0.4) is 0 Å². The van der Waals surface area contributed by atoms with Gasteiger partial charge >= 0.3 is 0 Å². The predicted octanol–water partition coefficient (Wildman–Crippen LogP) is 1.11. The van der Waals surface area contributed by atoms with Gasteiger partial charge in [-0.05, 0) is 12.8 Å². The number of hydrogen-bond donors (Lipinski definition) is 1. The molecule has 0 bridgehead atoms. The monoisotopic (exact) mass is 196 g/mol. The highest BCUT2D eigenvalue weighted by Gasteiger charge is 2.18. The first-order valence-corrected chi connectivity index (χ1v) is 4.55. The van der Waals surface area contributed by atoms with Crippen LogP contribution < -0.4 is 5.73 Å². The normalized spacial score (nSPS) is 13.2. The Labute approximate surface area is 83.7 Å². The van der Waals surface area contributed by atoms with Crippen LogP contribution in [0.4, 0.5) is 5.95 Å². The summed E-state index contributed by atoms with van der Waals surface area (Å²) in [6.45, 7) is 5.88. The lowest BCUT2D eigenvalue weighted by Gasteiger charge is -2.17. The zero-order valence-corrected chi connectivity index (χ0v) is 8.98. The second-order valence-electron chi connectivity index (χ2n) is 3.50. The van der Waals surface area contributed by atoms with Crippen molar-refractivity contribution in [2.45, 2.75) is 26.9 Å². The van der Waals surface area contributed by atoms with Crippen LogP contribution in [0.1, 0.15) is 31.6 Å².